The van der Waals surface area contributed by atoms with Crippen LogP contribution in [-0.2, 0) is 4.79 Å². The van der Waals surface area contributed by atoms with Gasteiger partial charge in [0, 0.05) is 11.3 Å². The number of hydrogen-bond acceptors (Lipinski definition) is 2. The fourth-order valence-electron chi connectivity index (χ4n) is 2.69. The first kappa shape index (κ1) is 7.84. The van der Waals surface area contributed by atoms with Crippen LogP contribution in [0.2, 0.25) is 0 Å². The van der Waals surface area contributed by atoms with E-state index in [1.54, 1.807) is 6.92 Å². The van der Waals surface area contributed by atoms with Gasteiger partial charge < -0.3 is 5.73 Å². The van der Waals surface area contributed by atoms with Crippen molar-refractivity contribution in [1.29, 1.82) is 0 Å². The molecule has 0 spiro atoms. The van der Waals surface area contributed by atoms with Gasteiger partial charge in [0.2, 0.25) is 0 Å². The second-order valence-electron chi connectivity index (χ2n) is 4.60. The molecule has 66 valence electrons. The lowest BCUT2D eigenvalue weighted by Crippen LogP contribution is -2.11. The quantitative estimate of drug-likeness (QED) is 0.639. The first-order chi connectivity index (χ1) is 5.46. The molecule has 0 saturated heterocycles. The van der Waals surface area contributed by atoms with Crippen LogP contribution in [0.4, 0.5) is 0 Å². The van der Waals surface area contributed by atoms with Gasteiger partial charge in [0.15, 0.2) is 5.78 Å². The standard InChI is InChI=1S/C10H15NO/c1-5(12)8-7(11)4-6-9(8)10(6,2)3/h6,9H,4,11H2,1-3H3/t6-,9-/m1/s1. The summed E-state index contributed by atoms with van der Waals surface area (Å²) in [5, 5.41) is 0. The molecule has 0 unspecified atom stereocenters. The van der Waals surface area contributed by atoms with Gasteiger partial charge in [-0.05, 0) is 30.6 Å². The number of rotatable bonds is 1. The molecule has 2 nitrogen and oxygen atoms in total. The molecule has 2 aliphatic rings. The number of Topliss-reactive ketones (excluding diaryl/α,β-unsaturated/α-hetero) is 1. The largest absolute Gasteiger partial charge is 0.402 e. The minimum Gasteiger partial charge on any atom is -0.402 e. The fraction of sp³-hybridized carbons (Fsp3) is 0.700. The topological polar surface area (TPSA) is 43.1 Å². The van der Waals surface area contributed by atoms with Crippen LogP contribution in [0.25, 0.3) is 0 Å². The predicted molar refractivity (Wildman–Crippen MR) is 47.3 cm³/mol. The highest BCUT2D eigenvalue weighted by molar-refractivity contribution is 5.96. The van der Waals surface area contributed by atoms with Crippen LogP contribution in [-0.4, -0.2) is 5.78 Å². The Hall–Kier alpha value is -0.790. The van der Waals surface area contributed by atoms with Crippen LogP contribution >= 0.6 is 0 Å². The Morgan fingerprint density at radius 3 is 2.50 bits per heavy atom. The molecule has 1 fully saturated rings. The maximum absolute atomic E-state index is 11.2. The van der Waals surface area contributed by atoms with Crippen molar-refractivity contribution in [3.05, 3.63) is 11.3 Å². The Labute approximate surface area is 72.8 Å². The molecule has 0 heterocycles. The predicted octanol–water partition coefficient (Wildman–Crippen LogP) is 1.46. The Bertz CT molecular complexity index is 288. The molecular weight excluding hydrogens is 150 g/mol. The van der Waals surface area contributed by atoms with Gasteiger partial charge in [0.05, 0.1) is 0 Å². The van der Waals surface area contributed by atoms with Crippen LogP contribution in [0.5, 0.6) is 0 Å². The number of carbonyl (C=O) groups excluding carboxylic acids is 1. The minimum absolute atomic E-state index is 0.172. The lowest BCUT2D eigenvalue weighted by molar-refractivity contribution is -0.114. The minimum atomic E-state index is 0.172. The van der Waals surface area contributed by atoms with E-state index in [9.17, 15) is 4.79 Å². The molecule has 0 amide bonds. The lowest BCUT2D eigenvalue weighted by Gasteiger charge is -2.10. The van der Waals surface area contributed by atoms with E-state index in [4.69, 9.17) is 5.73 Å². The van der Waals surface area contributed by atoms with Gasteiger partial charge in [0.25, 0.3) is 0 Å². The molecule has 0 aromatic rings. The van der Waals surface area contributed by atoms with Gasteiger partial charge in [-0.3, -0.25) is 4.79 Å². The van der Waals surface area contributed by atoms with Crippen LogP contribution in [0.15, 0.2) is 11.3 Å². The molecular formula is C10H15NO. The lowest BCUT2D eigenvalue weighted by atomic mass is 9.96. The first-order valence-corrected chi connectivity index (χ1v) is 4.45. The molecule has 12 heavy (non-hydrogen) atoms. The third-order valence-corrected chi connectivity index (χ3v) is 3.53. The van der Waals surface area contributed by atoms with Crippen LogP contribution in [0.3, 0.4) is 0 Å². The number of allylic oxidation sites excluding steroid dienone is 2. The molecule has 1 saturated carbocycles. The average Bonchev–Trinajstić information content (AvgIpc) is 2.40. The van der Waals surface area contributed by atoms with Crippen molar-refractivity contribution in [2.24, 2.45) is 23.0 Å². The Kier molecular flexibility index (Phi) is 1.26. The average molecular weight is 165 g/mol. The molecule has 0 aromatic heterocycles. The maximum Gasteiger partial charge on any atom is 0.157 e. The monoisotopic (exact) mass is 165 g/mol. The summed E-state index contributed by atoms with van der Waals surface area (Å²) in [5.41, 5.74) is 7.88. The molecule has 2 rings (SSSR count). The van der Waals surface area contributed by atoms with Gasteiger partial charge in [-0.25, -0.2) is 0 Å². The molecule has 2 atom stereocenters. The maximum atomic E-state index is 11.2. The van der Waals surface area contributed by atoms with E-state index < -0.39 is 0 Å². The SMILES string of the molecule is CC(=O)C1=C(N)C[C@@H]2[C@H]1C2(C)C. The van der Waals surface area contributed by atoms with E-state index in [1.165, 1.54) is 0 Å². The van der Waals surface area contributed by atoms with Crippen molar-refractivity contribution in [1.82, 2.24) is 0 Å². The van der Waals surface area contributed by atoms with Crippen molar-refractivity contribution in [3.8, 4) is 0 Å². The van der Waals surface area contributed by atoms with Crippen molar-refractivity contribution < 1.29 is 4.79 Å². The highest BCUT2D eigenvalue weighted by Crippen LogP contribution is 2.67. The van der Waals surface area contributed by atoms with E-state index in [1.807, 2.05) is 0 Å². The summed E-state index contributed by atoms with van der Waals surface area (Å²) in [5.74, 6) is 1.29. The molecule has 2 aliphatic carbocycles. The van der Waals surface area contributed by atoms with Gasteiger partial charge in [-0.2, -0.15) is 0 Å². The summed E-state index contributed by atoms with van der Waals surface area (Å²) in [4.78, 5) is 11.2. The molecule has 2 N–H and O–H groups in total. The molecule has 0 bridgehead atoms. The summed E-state index contributed by atoms with van der Waals surface area (Å²) in [6.07, 6.45) is 0.937. The number of carbonyl (C=O) groups is 1. The van der Waals surface area contributed by atoms with Gasteiger partial charge >= 0.3 is 0 Å². The Morgan fingerprint density at radius 1 is 1.58 bits per heavy atom. The van der Waals surface area contributed by atoms with E-state index >= 15 is 0 Å². The van der Waals surface area contributed by atoms with E-state index in [0.29, 0.717) is 17.3 Å². The van der Waals surface area contributed by atoms with Crippen molar-refractivity contribution in [2.45, 2.75) is 27.2 Å². The smallest absolute Gasteiger partial charge is 0.157 e. The molecule has 0 aliphatic heterocycles. The van der Waals surface area contributed by atoms with Gasteiger partial charge in [0.1, 0.15) is 0 Å². The number of fused-ring (bicyclic) bond motifs is 1. The third kappa shape index (κ3) is 0.728. The highest BCUT2D eigenvalue weighted by atomic mass is 16.1. The van der Waals surface area contributed by atoms with Crippen LogP contribution in [0.1, 0.15) is 27.2 Å². The van der Waals surface area contributed by atoms with Crippen molar-refractivity contribution in [2.75, 3.05) is 0 Å². The summed E-state index contributed by atoms with van der Waals surface area (Å²) in [6.45, 7) is 6.06. The summed E-state index contributed by atoms with van der Waals surface area (Å²) in [7, 11) is 0. The summed E-state index contributed by atoms with van der Waals surface area (Å²) in [6, 6.07) is 0. The molecule has 2 heteroatoms. The number of hydrogen-bond donors (Lipinski definition) is 1. The third-order valence-electron chi connectivity index (χ3n) is 3.53. The second-order valence-corrected chi connectivity index (χ2v) is 4.60. The zero-order valence-electron chi connectivity index (χ0n) is 7.85. The van der Waals surface area contributed by atoms with Crippen LogP contribution in [0, 0.1) is 17.3 Å². The van der Waals surface area contributed by atoms with Crippen molar-refractivity contribution in [3.63, 3.8) is 0 Å². The first-order valence-electron chi connectivity index (χ1n) is 4.45. The van der Waals surface area contributed by atoms with E-state index in [0.717, 1.165) is 17.7 Å². The van der Waals surface area contributed by atoms with E-state index in [2.05, 4.69) is 13.8 Å². The number of ketones is 1. The summed E-state index contributed by atoms with van der Waals surface area (Å²) >= 11 is 0. The summed E-state index contributed by atoms with van der Waals surface area (Å²) < 4.78 is 0. The van der Waals surface area contributed by atoms with Crippen LogP contribution < -0.4 is 5.73 Å². The zero-order chi connectivity index (χ0) is 9.09. The molecule has 0 radical (unpaired) electrons. The highest BCUT2D eigenvalue weighted by Gasteiger charge is 2.63. The van der Waals surface area contributed by atoms with Crippen molar-refractivity contribution >= 4 is 5.78 Å². The fourth-order valence-corrected chi connectivity index (χ4v) is 2.69. The number of nitrogens with two attached hydrogens (primary N) is 1. The Balaban J connectivity index is 2.33. The van der Waals surface area contributed by atoms with Gasteiger partial charge in [-0.1, -0.05) is 13.8 Å². The van der Waals surface area contributed by atoms with E-state index in [-0.39, 0.29) is 5.78 Å². The normalized spacial score (nSPS) is 36.6. The van der Waals surface area contributed by atoms with Gasteiger partial charge in [-0.15, -0.1) is 0 Å². The zero-order valence-corrected chi connectivity index (χ0v) is 7.85. The molecule has 0 aromatic carbocycles. The second kappa shape index (κ2) is 1.93. The Morgan fingerprint density at radius 2 is 2.17 bits per heavy atom.